The molecule has 0 aromatic heterocycles. The molecule has 0 aliphatic rings. The number of ketones is 1. The van der Waals surface area contributed by atoms with Crippen molar-refractivity contribution in [3.8, 4) is 5.75 Å². The van der Waals surface area contributed by atoms with Gasteiger partial charge in [0.15, 0.2) is 0 Å². The van der Waals surface area contributed by atoms with E-state index in [4.69, 9.17) is 16.3 Å². The van der Waals surface area contributed by atoms with Crippen LogP contribution in [0.2, 0.25) is 5.02 Å². The van der Waals surface area contributed by atoms with Crippen molar-refractivity contribution >= 4 is 55.2 Å². The molecule has 108 valence electrons. The van der Waals surface area contributed by atoms with Crippen LogP contribution in [0.4, 0.5) is 0 Å². The number of esters is 1. The molecule has 0 radical (unpaired) electrons. The molecular weight excluding hydrogens is 415 g/mol. The molecule has 0 unspecified atom stereocenters. The summed E-state index contributed by atoms with van der Waals surface area (Å²) in [5.41, 5.74) is 0.638. The zero-order valence-corrected chi connectivity index (χ0v) is 14.6. The molecule has 0 saturated heterocycles. The number of halogens is 3. The van der Waals surface area contributed by atoms with Gasteiger partial charge in [-0.05, 0) is 63.4 Å². The first kappa shape index (κ1) is 17.2. The van der Waals surface area contributed by atoms with Gasteiger partial charge in [0.05, 0.1) is 16.7 Å². The molecule has 0 amide bonds. The largest absolute Gasteiger partial charge is 0.507 e. The topological polar surface area (TPSA) is 63.6 Å². The normalized spacial score (nSPS) is 11.8. The number of phenols is 1. The molecule has 20 heavy (non-hydrogen) atoms. The molecule has 7 heteroatoms. The summed E-state index contributed by atoms with van der Waals surface area (Å²) in [6.45, 7) is 3.54. The summed E-state index contributed by atoms with van der Waals surface area (Å²) in [5, 5.41) is 10.2. The highest BCUT2D eigenvalue weighted by Crippen LogP contribution is 2.31. The number of allylic oxidation sites excluding steroid dienone is 1. The van der Waals surface area contributed by atoms with Crippen molar-refractivity contribution in [1.82, 2.24) is 0 Å². The Morgan fingerprint density at radius 2 is 1.90 bits per heavy atom. The lowest BCUT2D eigenvalue weighted by molar-refractivity contribution is -0.137. The number of aryl methyl sites for hydroxylation is 1. The van der Waals surface area contributed by atoms with Crippen LogP contribution in [0.15, 0.2) is 21.1 Å². The van der Waals surface area contributed by atoms with Crippen LogP contribution >= 0.6 is 43.5 Å². The van der Waals surface area contributed by atoms with E-state index in [0.717, 1.165) is 0 Å². The number of Topliss-reactive ketones (excluding diaryl/α,β-unsaturated/α-hetero) is 1. The van der Waals surface area contributed by atoms with E-state index < -0.39 is 11.8 Å². The van der Waals surface area contributed by atoms with Crippen molar-refractivity contribution in [2.24, 2.45) is 0 Å². The van der Waals surface area contributed by atoms with E-state index >= 15 is 0 Å². The predicted octanol–water partition coefficient (Wildman–Crippen LogP) is 4.10. The van der Waals surface area contributed by atoms with Crippen molar-refractivity contribution < 1.29 is 19.4 Å². The van der Waals surface area contributed by atoms with Crippen LogP contribution in [0.1, 0.15) is 22.8 Å². The number of phenolic OH excluding ortho intramolecular Hbond substituents is 1. The first-order valence-electron chi connectivity index (χ1n) is 5.55. The van der Waals surface area contributed by atoms with Crippen molar-refractivity contribution in [3.05, 3.63) is 37.2 Å². The highest BCUT2D eigenvalue weighted by atomic mass is 79.9. The van der Waals surface area contributed by atoms with E-state index in [-0.39, 0.29) is 26.9 Å². The maximum atomic E-state index is 12.2. The summed E-state index contributed by atoms with van der Waals surface area (Å²) < 4.78 is 4.66. The van der Waals surface area contributed by atoms with Gasteiger partial charge in [-0.15, -0.1) is 0 Å². The number of hydrogen-bond acceptors (Lipinski definition) is 4. The van der Waals surface area contributed by atoms with Crippen molar-refractivity contribution in [2.75, 3.05) is 6.61 Å². The third kappa shape index (κ3) is 3.84. The fourth-order valence-electron chi connectivity index (χ4n) is 1.35. The van der Waals surface area contributed by atoms with Gasteiger partial charge in [-0.2, -0.15) is 0 Å². The van der Waals surface area contributed by atoms with Gasteiger partial charge in [0.2, 0.25) is 5.78 Å². The summed E-state index contributed by atoms with van der Waals surface area (Å²) in [6.07, 6.45) is 0. The van der Waals surface area contributed by atoms with Crippen LogP contribution in [0.3, 0.4) is 0 Å². The van der Waals surface area contributed by atoms with Crippen LogP contribution in [-0.2, 0) is 9.53 Å². The molecule has 1 rings (SSSR count). The molecule has 0 saturated carbocycles. The molecule has 1 aromatic carbocycles. The third-order valence-corrected chi connectivity index (χ3v) is 4.78. The van der Waals surface area contributed by atoms with Crippen LogP contribution in [0, 0.1) is 6.92 Å². The molecular formula is C13H11Br2ClO4. The number of rotatable bonds is 4. The highest BCUT2D eigenvalue weighted by Gasteiger charge is 2.22. The Morgan fingerprint density at radius 1 is 1.30 bits per heavy atom. The predicted molar refractivity (Wildman–Crippen MR) is 83.7 cm³/mol. The molecule has 0 fully saturated rings. The van der Waals surface area contributed by atoms with Crippen LogP contribution in [-0.4, -0.2) is 23.5 Å². The lowest BCUT2D eigenvalue weighted by Gasteiger charge is -2.08. The molecule has 4 nitrogen and oxygen atoms in total. The van der Waals surface area contributed by atoms with Gasteiger partial charge in [0, 0.05) is 5.02 Å². The second-order valence-electron chi connectivity index (χ2n) is 3.80. The van der Waals surface area contributed by atoms with E-state index in [9.17, 15) is 14.7 Å². The Hall–Kier alpha value is -0.850. The number of ether oxygens (including phenoxy) is 1. The second-order valence-corrected chi connectivity index (χ2v) is 5.79. The Bertz CT molecular complexity index is 596. The molecule has 0 atom stereocenters. The SMILES string of the molecule is CCOC(=O)/C(Br)=C(\Br)C(=O)c1cc(Cl)c(C)cc1O. The minimum Gasteiger partial charge on any atom is -0.507 e. The standard InChI is InChI=1S/C13H11Br2ClO4/c1-3-20-13(19)11(15)10(14)12(18)7-5-8(16)6(2)4-9(7)17/h4-5,17H,3H2,1-2H3/b11-10+. The lowest BCUT2D eigenvalue weighted by atomic mass is 10.1. The number of carbonyl (C=O) groups is 2. The number of carbonyl (C=O) groups excluding carboxylic acids is 2. The van der Waals surface area contributed by atoms with Gasteiger partial charge in [-0.1, -0.05) is 11.6 Å². The number of hydrogen-bond donors (Lipinski definition) is 1. The molecule has 1 aromatic rings. The lowest BCUT2D eigenvalue weighted by Crippen LogP contribution is -2.09. The van der Waals surface area contributed by atoms with E-state index in [1.165, 1.54) is 12.1 Å². The maximum absolute atomic E-state index is 12.2. The van der Waals surface area contributed by atoms with Crippen LogP contribution in [0.5, 0.6) is 5.75 Å². The first-order valence-corrected chi connectivity index (χ1v) is 7.52. The molecule has 0 bridgehead atoms. The van der Waals surface area contributed by atoms with Crippen molar-refractivity contribution in [2.45, 2.75) is 13.8 Å². The van der Waals surface area contributed by atoms with Crippen molar-refractivity contribution in [1.29, 1.82) is 0 Å². The summed E-state index contributed by atoms with van der Waals surface area (Å²) in [5.74, 6) is -1.47. The number of aromatic hydroxyl groups is 1. The summed E-state index contributed by atoms with van der Waals surface area (Å²) >= 11 is 11.9. The number of benzene rings is 1. The maximum Gasteiger partial charge on any atom is 0.346 e. The van der Waals surface area contributed by atoms with E-state index in [1.54, 1.807) is 13.8 Å². The zero-order chi connectivity index (χ0) is 15.4. The second kappa shape index (κ2) is 7.24. The van der Waals surface area contributed by atoms with Crippen LogP contribution in [0.25, 0.3) is 0 Å². The van der Waals surface area contributed by atoms with Gasteiger partial charge in [0.1, 0.15) is 10.2 Å². The molecule has 0 aliphatic heterocycles. The van der Waals surface area contributed by atoms with Gasteiger partial charge >= 0.3 is 5.97 Å². The van der Waals surface area contributed by atoms with E-state index in [2.05, 4.69) is 31.9 Å². The Morgan fingerprint density at radius 3 is 2.45 bits per heavy atom. The quantitative estimate of drug-likeness (QED) is 0.447. The average molecular weight is 426 g/mol. The molecule has 1 N–H and O–H groups in total. The highest BCUT2D eigenvalue weighted by molar-refractivity contribution is 9.14. The summed E-state index contributed by atoms with van der Waals surface area (Å²) in [4.78, 5) is 23.7. The molecule has 0 spiro atoms. The van der Waals surface area contributed by atoms with Gasteiger partial charge in [0.25, 0.3) is 0 Å². The smallest absolute Gasteiger partial charge is 0.346 e. The van der Waals surface area contributed by atoms with E-state index in [0.29, 0.717) is 10.6 Å². The van der Waals surface area contributed by atoms with E-state index in [1.807, 2.05) is 0 Å². The van der Waals surface area contributed by atoms with Gasteiger partial charge < -0.3 is 9.84 Å². The molecule has 0 aliphatic carbocycles. The first-order chi connectivity index (χ1) is 9.29. The van der Waals surface area contributed by atoms with Crippen LogP contribution < -0.4 is 0 Å². The Labute approximate surface area is 138 Å². The minimum atomic E-state index is -0.676. The van der Waals surface area contributed by atoms with Crippen molar-refractivity contribution in [3.63, 3.8) is 0 Å². The monoisotopic (exact) mass is 424 g/mol. The zero-order valence-electron chi connectivity index (χ0n) is 10.7. The summed E-state index contributed by atoms with van der Waals surface area (Å²) in [6, 6.07) is 2.73. The Kier molecular flexibility index (Phi) is 6.23. The van der Waals surface area contributed by atoms with Gasteiger partial charge in [-0.25, -0.2) is 4.79 Å². The molecule has 0 heterocycles. The average Bonchev–Trinajstić information content (AvgIpc) is 2.40. The Balaban J connectivity index is 3.21. The fraction of sp³-hybridized carbons (Fsp3) is 0.231. The fourth-order valence-corrected chi connectivity index (χ4v) is 2.18. The van der Waals surface area contributed by atoms with Gasteiger partial charge in [-0.3, -0.25) is 4.79 Å². The minimum absolute atomic E-state index is 0.00581. The summed E-state index contributed by atoms with van der Waals surface area (Å²) in [7, 11) is 0. The third-order valence-electron chi connectivity index (χ3n) is 2.37.